The van der Waals surface area contributed by atoms with Crippen LogP contribution in [0.4, 0.5) is 8.78 Å². The molecule has 1 saturated carbocycles. The molecule has 8 unspecified atom stereocenters. The molecular formula is C31H46F2N6O3S. The lowest BCUT2D eigenvalue weighted by Gasteiger charge is -2.48. The molecule has 0 radical (unpaired) electrons. The maximum Gasteiger partial charge on any atom is 0.248 e. The standard InChI is InChI=1S/C31H46F2N6O3S/c1-18(2)42-30-25-26-23(15-22(16-34-26)27-19(3)36-37-38(27)4)39(29(25)24(17-35-30)43(5,40)41)28(20-9-7-6-8-10-20)21-11-13-31(32,33)14-12-21/h6-10,18,21-26,28-30,34-35H,11-17H2,1-5H3. The third-order valence-electron chi connectivity index (χ3n) is 10.4. The van der Waals surface area contributed by atoms with Gasteiger partial charge in [0.2, 0.25) is 5.92 Å². The van der Waals surface area contributed by atoms with Gasteiger partial charge >= 0.3 is 0 Å². The van der Waals surface area contributed by atoms with Gasteiger partial charge in [-0.15, -0.1) is 5.10 Å². The van der Waals surface area contributed by atoms with Crippen molar-refractivity contribution in [1.29, 1.82) is 0 Å². The normalized spacial score (nSPS) is 34.2. The van der Waals surface area contributed by atoms with Crippen LogP contribution in [-0.2, 0) is 21.6 Å². The average Bonchev–Trinajstić information content (AvgIpc) is 3.46. The van der Waals surface area contributed by atoms with Gasteiger partial charge in [-0.05, 0) is 51.5 Å². The van der Waals surface area contributed by atoms with Crippen LogP contribution < -0.4 is 10.6 Å². The number of nitrogens with one attached hydrogen (secondary N) is 2. The van der Waals surface area contributed by atoms with E-state index in [2.05, 4.69) is 38.0 Å². The number of aromatic nitrogens is 3. The fourth-order valence-corrected chi connectivity index (χ4v) is 9.97. The van der Waals surface area contributed by atoms with Crippen LogP contribution >= 0.6 is 0 Å². The van der Waals surface area contributed by atoms with Crippen LogP contribution in [0.2, 0.25) is 0 Å². The number of fused-ring (bicyclic) bond motifs is 3. The molecule has 6 rings (SSSR count). The number of ether oxygens (including phenoxy) is 1. The Balaban J connectivity index is 1.49. The second kappa shape index (κ2) is 11.7. The Morgan fingerprint density at radius 3 is 2.40 bits per heavy atom. The van der Waals surface area contributed by atoms with Gasteiger partial charge in [-0.25, -0.2) is 17.2 Å². The predicted molar refractivity (Wildman–Crippen MR) is 161 cm³/mol. The van der Waals surface area contributed by atoms with Crippen LogP contribution in [0.3, 0.4) is 0 Å². The lowest BCUT2D eigenvalue weighted by atomic mass is 9.77. The van der Waals surface area contributed by atoms with Crippen LogP contribution in [0.25, 0.3) is 0 Å². The Morgan fingerprint density at radius 2 is 1.79 bits per heavy atom. The van der Waals surface area contributed by atoms with Crippen LogP contribution in [0.15, 0.2) is 30.3 Å². The SMILES string of the molecule is Cc1nnn(C)c1C1CNC2C3C(OC(C)C)NCC(S(C)(=O)=O)C3N(C(c3ccccc3)C3CCC(F)(F)CC3)C2C1. The Labute approximate surface area is 254 Å². The van der Waals surface area contributed by atoms with Crippen LogP contribution in [-0.4, -0.2) is 89.3 Å². The largest absolute Gasteiger partial charge is 0.360 e. The van der Waals surface area contributed by atoms with Gasteiger partial charge in [0.15, 0.2) is 9.84 Å². The molecule has 0 spiro atoms. The summed E-state index contributed by atoms with van der Waals surface area (Å²) in [6.07, 6.45) is 2.23. The summed E-state index contributed by atoms with van der Waals surface area (Å²) < 4.78 is 64.3. The van der Waals surface area contributed by atoms with Gasteiger partial charge in [0.1, 0.15) is 6.23 Å². The second-order valence-electron chi connectivity index (χ2n) is 13.6. The van der Waals surface area contributed by atoms with E-state index in [1.54, 1.807) is 0 Å². The van der Waals surface area contributed by atoms with Crippen molar-refractivity contribution < 1.29 is 21.9 Å². The van der Waals surface area contributed by atoms with E-state index in [1.807, 2.05) is 50.7 Å². The molecule has 0 bridgehead atoms. The van der Waals surface area contributed by atoms with E-state index in [4.69, 9.17) is 4.74 Å². The number of likely N-dealkylation sites (tertiary alicyclic amines) is 1. The van der Waals surface area contributed by atoms with Crippen molar-refractivity contribution in [3.63, 3.8) is 0 Å². The number of alkyl halides is 2. The number of aryl methyl sites for hydroxylation is 2. The Kier molecular flexibility index (Phi) is 8.47. The van der Waals surface area contributed by atoms with Crippen LogP contribution in [0, 0.1) is 18.8 Å². The van der Waals surface area contributed by atoms with Crippen molar-refractivity contribution in [2.45, 2.75) is 106 Å². The van der Waals surface area contributed by atoms with Crippen molar-refractivity contribution in [2.24, 2.45) is 18.9 Å². The average molecular weight is 621 g/mol. The van der Waals surface area contributed by atoms with Crippen molar-refractivity contribution in [1.82, 2.24) is 30.5 Å². The Hall–Kier alpha value is -1.99. The molecule has 4 fully saturated rings. The van der Waals surface area contributed by atoms with Gasteiger partial charge in [-0.1, -0.05) is 35.5 Å². The summed E-state index contributed by atoms with van der Waals surface area (Å²) in [6, 6.07) is 9.50. The minimum atomic E-state index is -3.47. The number of nitrogens with zero attached hydrogens (tertiary/aromatic N) is 4. The molecule has 43 heavy (non-hydrogen) atoms. The number of rotatable bonds is 7. The van der Waals surface area contributed by atoms with E-state index in [0.29, 0.717) is 19.4 Å². The Bertz CT molecular complexity index is 1360. The van der Waals surface area contributed by atoms with Crippen LogP contribution in [0.5, 0.6) is 0 Å². The highest BCUT2D eigenvalue weighted by molar-refractivity contribution is 7.91. The van der Waals surface area contributed by atoms with Gasteiger partial charge in [0.05, 0.1) is 22.7 Å². The minimum absolute atomic E-state index is 0.0264. The summed E-state index contributed by atoms with van der Waals surface area (Å²) in [5, 5.41) is 15.3. The number of piperidine rings is 2. The number of hydrogen-bond donors (Lipinski definition) is 2. The first-order valence-corrected chi connectivity index (χ1v) is 17.7. The van der Waals surface area contributed by atoms with Crippen molar-refractivity contribution in [3.8, 4) is 0 Å². The molecule has 1 aromatic heterocycles. The highest BCUT2D eigenvalue weighted by Crippen LogP contribution is 2.52. The first-order valence-electron chi connectivity index (χ1n) is 15.7. The van der Waals surface area contributed by atoms with Gasteiger partial charge in [-0.2, -0.15) is 0 Å². The van der Waals surface area contributed by atoms with Crippen molar-refractivity contribution in [2.75, 3.05) is 19.3 Å². The van der Waals surface area contributed by atoms with E-state index in [-0.39, 0.29) is 73.6 Å². The predicted octanol–water partition coefficient (Wildman–Crippen LogP) is 3.57. The molecule has 1 aliphatic carbocycles. The zero-order chi connectivity index (χ0) is 30.7. The molecule has 1 aromatic carbocycles. The molecule has 0 amide bonds. The fourth-order valence-electron chi connectivity index (χ4n) is 8.74. The lowest BCUT2D eigenvalue weighted by Crippen LogP contribution is -2.64. The van der Waals surface area contributed by atoms with E-state index in [9.17, 15) is 17.2 Å². The third kappa shape index (κ3) is 5.90. The zero-order valence-corrected chi connectivity index (χ0v) is 26.6. The summed E-state index contributed by atoms with van der Waals surface area (Å²) >= 11 is 0. The third-order valence-corrected chi connectivity index (χ3v) is 11.9. The first-order chi connectivity index (χ1) is 20.4. The maximum atomic E-state index is 14.5. The quantitative estimate of drug-likeness (QED) is 0.485. The highest BCUT2D eigenvalue weighted by Gasteiger charge is 2.62. The van der Waals surface area contributed by atoms with E-state index >= 15 is 0 Å². The molecule has 4 aliphatic rings. The van der Waals surface area contributed by atoms with Gasteiger partial charge < -0.3 is 10.1 Å². The summed E-state index contributed by atoms with van der Waals surface area (Å²) in [4.78, 5) is 2.46. The Morgan fingerprint density at radius 1 is 1.09 bits per heavy atom. The highest BCUT2D eigenvalue weighted by atomic mass is 32.2. The summed E-state index contributed by atoms with van der Waals surface area (Å²) in [5.41, 5.74) is 3.02. The molecule has 4 heterocycles. The lowest BCUT2D eigenvalue weighted by molar-refractivity contribution is -0.0818. The molecule has 3 aliphatic heterocycles. The van der Waals surface area contributed by atoms with Gasteiger partial charge in [-0.3, -0.25) is 14.9 Å². The second-order valence-corrected chi connectivity index (χ2v) is 15.8. The molecule has 2 aromatic rings. The number of sulfone groups is 1. The summed E-state index contributed by atoms with van der Waals surface area (Å²) in [6.45, 7) is 6.98. The molecule has 8 atom stereocenters. The fraction of sp³-hybridized carbons (Fsp3) is 0.742. The number of halogens is 2. The first kappa shape index (κ1) is 31.0. The monoisotopic (exact) mass is 620 g/mol. The molecular weight excluding hydrogens is 574 g/mol. The van der Waals surface area contributed by atoms with Crippen LogP contribution in [0.1, 0.15) is 74.9 Å². The van der Waals surface area contributed by atoms with E-state index < -0.39 is 21.0 Å². The smallest absolute Gasteiger partial charge is 0.248 e. The number of benzene rings is 1. The summed E-state index contributed by atoms with van der Waals surface area (Å²) in [5.74, 6) is -2.72. The maximum absolute atomic E-state index is 14.5. The molecule has 12 heteroatoms. The topological polar surface area (TPSA) is 101 Å². The molecule has 2 N–H and O–H groups in total. The van der Waals surface area contributed by atoms with Crippen molar-refractivity contribution in [3.05, 3.63) is 47.3 Å². The number of hydrogen-bond acceptors (Lipinski definition) is 8. The van der Waals surface area contributed by atoms with Crippen molar-refractivity contribution >= 4 is 9.84 Å². The minimum Gasteiger partial charge on any atom is -0.360 e. The molecule has 9 nitrogen and oxygen atoms in total. The van der Waals surface area contributed by atoms with Gasteiger partial charge in [0.25, 0.3) is 0 Å². The summed E-state index contributed by atoms with van der Waals surface area (Å²) in [7, 11) is -1.56. The van der Waals surface area contributed by atoms with E-state index in [0.717, 1.165) is 23.4 Å². The molecule has 3 saturated heterocycles. The van der Waals surface area contributed by atoms with E-state index in [1.165, 1.54) is 6.26 Å². The zero-order valence-electron chi connectivity index (χ0n) is 25.8. The molecule has 238 valence electrons. The van der Waals surface area contributed by atoms with Gasteiger partial charge in [0, 0.05) is 75.2 Å².